The summed E-state index contributed by atoms with van der Waals surface area (Å²) in [6.45, 7) is 9.36. The van der Waals surface area contributed by atoms with Crippen LogP contribution in [-0.4, -0.2) is 34.4 Å². The van der Waals surface area contributed by atoms with Crippen LogP contribution in [0, 0.1) is 5.92 Å². The fourth-order valence-corrected chi connectivity index (χ4v) is 4.52. The first-order valence-corrected chi connectivity index (χ1v) is 12.4. The van der Waals surface area contributed by atoms with Crippen LogP contribution in [0.25, 0.3) is 0 Å². The van der Waals surface area contributed by atoms with Crippen molar-refractivity contribution < 1.29 is 19.1 Å². The van der Waals surface area contributed by atoms with Crippen LogP contribution in [0.15, 0.2) is 60.7 Å². The quantitative estimate of drug-likeness (QED) is 0.458. The van der Waals surface area contributed by atoms with Crippen molar-refractivity contribution in [1.29, 1.82) is 0 Å². The molecule has 6 heteroatoms. The van der Waals surface area contributed by atoms with Crippen molar-refractivity contribution in [2.75, 3.05) is 5.75 Å². The van der Waals surface area contributed by atoms with Crippen molar-refractivity contribution in [2.45, 2.75) is 65.0 Å². The van der Waals surface area contributed by atoms with Gasteiger partial charge in [0.2, 0.25) is 11.0 Å². The van der Waals surface area contributed by atoms with E-state index >= 15 is 0 Å². The molecule has 0 aliphatic heterocycles. The Balaban J connectivity index is 2.20. The molecule has 2 aromatic rings. The third kappa shape index (κ3) is 8.69. The molecule has 1 N–H and O–H groups in total. The van der Waals surface area contributed by atoms with Crippen LogP contribution in [0.4, 0.5) is 0 Å². The zero-order valence-corrected chi connectivity index (χ0v) is 21.0. The summed E-state index contributed by atoms with van der Waals surface area (Å²) in [5.74, 6) is -1.00. The number of nitrogens with one attached hydrogen (secondary N) is 1. The number of thioether (sulfide) groups is 1. The highest BCUT2D eigenvalue weighted by atomic mass is 32.2. The average molecular weight is 470 g/mol. The number of hydrogen-bond acceptors (Lipinski definition) is 5. The molecule has 2 aromatic carbocycles. The van der Waals surface area contributed by atoms with Gasteiger partial charge in [0.05, 0.1) is 5.92 Å². The van der Waals surface area contributed by atoms with Gasteiger partial charge in [0.25, 0.3) is 0 Å². The number of hydrogen-bond donors (Lipinski definition) is 1. The van der Waals surface area contributed by atoms with Crippen LogP contribution >= 0.6 is 11.8 Å². The molecule has 0 heterocycles. The minimum absolute atomic E-state index is 0.0779. The standard InChI is InChI=1S/C27H35NO4S/c1-6-13-23(25(30)32-27(3,4)5)28-24(29)22(19(2)20-14-9-7-10-15-20)18-33-26(31)21-16-11-8-12-17-21/h7-12,14-17,19,22-23H,6,13,18H2,1-5H3,(H,28,29)/t19?,22?,23-/m0/s1. The van der Waals surface area contributed by atoms with Crippen molar-refractivity contribution >= 4 is 28.8 Å². The zero-order valence-electron chi connectivity index (χ0n) is 20.2. The second-order valence-corrected chi connectivity index (χ2v) is 10.1. The molecular weight excluding hydrogens is 434 g/mol. The van der Waals surface area contributed by atoms with E-state index in [2.05, 4.69) is 5.32 Å². The second-order valence-electron chi connectivity index (χ2n) is 9.15. The normalized spacial score (nSPS) is 14.1. The van der Waals surface area contributed by atoms with Crippen molar-refractivity contribution in [2.24, 2.45) is 5.92 Å². The highest BCUT2D eigenvalue weighted by molar-refractivity contribution is 8.14. The predicted molar refractivity (Wildman–Crippen MR) is 134 cm³/mol. The van der Waals surface area contributed by atoms with Crippen LogP contribution in [0.2, 0.25) is 0 Å². The Bertz CT molecular complexity index is 909. The highest BCUT2D eigenvalue weighted by Crippen LogP contribution is 2.29. The van der Waals surface area contributed by atoms with Crippen molar-refractivity contribution in [3.63, 3.8) is 0 Å². The molecule has 0 fully saturated rings. The molecule has 0 aromatic heterocycles. The lowest BCUT2D eigenvalue weighted by molar-refractivity contribution is -0.159. The van der Waals surface area contributed by atoms with E-state index in [1.165, 1.54) is 0 Å². The summed E-state index contributed by atoms with van der Waals surface area (Å²) >= 11 is 1.13. The highest BCUT2D eigenvalue weighted by Gasteiger charge is 2.32. The lowest BCUT2D eigenvalue weighted by Crippen LogP contribution is -2.47. The molecule has 0 aliphatic carbocycles. The predicted octanol–water partition coefficient (Wildman–Crippen LogP) is 5.61. The third-order valence-electron chi connectivity index (χ3n) is 5.25. The largest absolute Gasteiger partial charge is 0.458 e. The summed E-state index contributed by atoms with van der Waals surface area (Å²) in [6, 6.07) is 18.1. The number of carbonyl (C=O) groups is 3. The van der Waals surface area contributed by atoms with Gasteiger partial charge in [-0.1, -0.05) is 92.7 Å². The Hall–Kier alpha value is -2.60. The van der Waals surface area contributed by atoms with Gasteiger partial charge in [0.1, 0.15) is 11.6 Å². The van der Waals surface area contributed by atoms with E-state index in [1.807, 2.05) is 83.1 Å². The van der Waals surface area contributed by atoms with Crippen LogP contribution in [0.5, 0.6) is 0 Å². The topological polar surface area (TPSA) is 72.5 Å². The summed E-state index contributed by atoms with van der Waals surface area (Å²) < 4.78 is 5.52. The first-order valence-electron chi connectivity index (χ1n) is 11.4. The maximum Gasteiger partial charge on any atom is 0.329 e. The van der Waals surface area contributed by atoms with E-state index in [9.17, 15) is 14.4 Å². The molecule has 3 atom stereocenters. The first-order chi connectivity index (χ1) is 15.6. The van der Waals surface area contributed by atoms with E-state index < -0.39 is 23.5 Å². The summed E-state index contributed by atoms with van der Waals surface area (Å²) in [6.07, 6.45) is 1.22. The monoisotopic (exact) mass is 469 g/mol. The molecule has 0 bridgehead atoms. The van der Waals surface area contributed by atoms with Crippen molar-refractivity contribution in [3.05, 3.63) is 71.8 Å². The summed E-state index contributed by atoms with van der Waals surface area (Å²) in [4.78, 5) is 38.8. The lowest BCUT2D eigenvalue weighted by atomic mass is 9.88. The molecular formula is C27H35NO4S. The molecule has 1 amide bonds. The van der Waals surface area contributed by atoms with Gasteiger partial charge in [-0.15, -0.1) is 0 Å². The molecule has 33 heavy (non-hydrogen) atoms. The Morgan fingerprint density at radius 3 is 2.09 bits per heavy atom. The van der Waals surface area contributed by atoms with Gasteiger partial charge in [-0.3, -0.25) is 9.59 Å². The molecule has 0 saturated carbocycles. The van der Waals surface area contributed by atoms with Crippen molar-refractivity contribution in [1.82, 2.24) is 5.32 Å². The molecule has 0 radical (unpaired) electrons. The van der Waals surface area contributed by atoms with Gasteiger partial charge in [-0.2, -0.15) is 0 Å². The Morgan fingerprint density at radius 1 is 0.970 bits per heavy atom. The van der Waals surface area contributed by atoms with Crippen LogP contribution in [0.1, 0.15) is 69.3 Å². The Labute approximate surface area is 201 Å². The van der Waals surface area contributed by atoms with Crippen LogP contribution < -0.4 is 5.32 Å². The van der Waals surface area contributed by atoms with E-state index in [1.54, 1.807) is 12.1 Å². The smallest absolute Gasteiger partial charge is 0.329 e. The number of ether oxygens (including phenoxy) is 1. The second kappa shape index (κ2) is 12.6. The summed E-state index contributed by atoms with van der Waals surface area (Å²) in [5.41, 5.74) is 0.976. The fourth-order valence-electron chi connectivity index (χ4n) is 3.45. The lowest BCUT2D eigenvalue weighted by Gasteiger charge is -2.28. The Morgan fingerprint density at radius 2 is 1.55 bits per heavy atom. The molecule has 178 valence electrons. The number of carbonyl (C=O) groups excluding carboxylic acids is 3. The molecule has 0 spiro atoms. The third-order valence-corrected chi connectivity index (χ3v) is 6.28. The van der Waals surface area contributed by atoms with E-state index in [0.717, 1.165) is 23.7 Å². The maximum absolute atomic E-state index is 13.4. The minimum atomic E-state index is -0.720. The number of rotatable bonds is 10. The minimum Gasteiger partial charge on any atom is -0.458 e. The van der Waals surface area contributed by atoms with Crippen LogP contribution in [0.3, 0.4) is 0 Å². The Kier molecular flexibility index (Phi) is 10.2. The molecule has 0 saturated heterocycles. The summed E-state index contributed by atoms with van der Waals surface area (Å²) in [5, 5.41) is 2.84. The van der Waals surface area contributed by atoms with Gasteiger partial charge in [0.15, 0.2) is 0 Å². The summed E-state index contributed by atoms with van der Waals surface area (Å²) in [7, 11) is 0. The van der Waals surface area contributed by atoms with E-state index in [4.69, 9.17) is 4.74 Å². The maximum atomic E-state index is 13.4. The SMILES string of the molecule is CCC[C@H](NC(=O)C(CSC(=O)c1ccccc1)C(C)c1ccccc1)C(=O)OC(C)(C)C. The van der Waals surface area contributed by atoms with Gasteiger partial charge in [0, 0.05) is 11.3 Å². The number of esters is 1. The van der Waals surface area contributed by atoms with E-state index in [-0.39, 0.29) is 16.9 Å². The van der Waals surface area contributed by atoms with Gasteiger partial charge >= 0.3 is 5.97 Å². The van der Waals surface area contributed by atoms with E-state index in [0.29, 0.717) is 17.7 Å². The average Bonchev–Trinajstić information content (AvgIpc) is 2.78. The van der Waals surface area contributed by atoms with Gasteiger partial charge in [-0.25, -0.2) is 4.79 Å². The molecule has 2 unspecified atom stereocenters. The van der Waals surface area contributed by atoms with Gasteiger partial charge < -0.3 is 10.1 Å². The molecule has 5 nitrogen and oxygen atoms in total. The van der Waals surface area contributed by atoms with Crippen molar-refractivity contribution in [3.8, 4) is 0 Å². The zero-order chi connectivity index (χ0) is 24.4. The molecule has 0 aliphatic rings. The number of amides is 1. The number of benzene rings is 2. The van der Waals surface area contributed by atoms with Crippen LogP contribution in [-0.2, 0) is 14.3 Å². The van der Waals surface area contributed by atoms with Gasteiger partial charge in [-0.05, 0) is 38.7 Å². The molecule has 2 rings (SSSR count). The fraction of sp³-hybridized carbons (Fsp3) is 0.444. The first kappa shape index (κ1) is 26.7.